The average molecular weight is 310 g/mol. The van der Waals surface area contributed by atoms with Gasteiger partial charge in [0.25, 0.3) is 0 Å². The lowest BCUT2D eigenvalue weighted by Crippen LogP contribution is -2.44. The highest BCUT2D eigenvalue weighted by atomic mass is 32.1. The number of nitrogens with two attached hydrogens (primary N) is 1. The van der Waals surface area contributed by atoms with Gasteiger partial charge in [-0.05, 0) is 30.2 Å². The zero-order chi connectivity index (χ0) is 15.2. The molecule has 1 fully saturated rings. The average Bonchev–Trinajstić information content (AvgIpc) is 3.11. The van der Waals surface area contributed by atoms with Crippen molar-refractivity contribution in [3.8, 4) is 0 Å². The van der Waals surface area contributed by atoms with E-state index < -0.39 is 0 Å². The summed E-state index contributed by atoms with van der Waals surface area (Å²) in [4.78, 5) is 16.0. The molecule has 5 heteroatoms. The van der Waals surface area contributed by atoms with Gasteiger partial charge in [0, 0.05) is 24.6 Å². The SMILES string of the molecule is CC(C)C(CN)C(=O)N(Cc1cccs1)CC1CCCO1. The van der Waals surface area contributed by atoms with E-state index in [2.05, 4.69) is 19.9 Å². The zero-order valence-corrected chi connectivity index (χ0v) is 13.8. The van der Waals surface area contributed by atoms with Crippen LogP contribution in [0.4, 0.5) is 0 Å². The Morgan fingerprint density at radius 1 is 1.57 bits per heavy atom. The minimum atomic E-state index is -0.105. The molecule has 1 aliphatic rings. The Kier molecular flexibility index (Phi) is 6.21. The molecule has 0 aromatic carbocycles. The second-order valence-corrected chi connectivity index (χ2v) is 7.05. The number of nitrogens with zero attached hydrogens (tertiary/aromatic N) is 1. The first-order valence-electron chi connectivity index (χ1n) is 7.74. The number of thiophene rings is 1. The summed E-state index contributed by atoms with van der Waals surface area (Å²) in [5, 5.41) is 2.05. The number of amides is 1. The van der Waals surface area contributed by atoms with E-state index in [1.54, 1.807) is 11.3 Å². The molecular formula is C16H26N2O2S. The molecular weight excluding hydrogens is 284 g/mol. The fourth-order valence-electron chi connectivity index (χ4n) is 2.75. The van der Waals surface area contributed by atoms with Crippen LogP contribution in [0.15, 0.2) is 17.5 Å². The summed E-state index contributed by atoms with van der Waals surface area (Å²) in [5.41, 5.74) is 5.82. The van der Waals surface area contributed by atoms with Crippen molar-refractivity contribution < 1.29 is 9.53 Å². The zero-order valence-electron chi connectivity index (χ0n) is 13.0. The Hall–Kier alpha value is -0.910. The van der Waals surface area contributed by atoms with Crippen LogP contribution in [0, 0.1) is 11.8 Å². The Morgan fingerprint density at radius 3 is 2.90 bits per heavy atom. The van der Waals surface area contributed by atoms with Gasteiger partial charge in [-0.1, -0.05) is 19.9 Å². The lowest BCUT2D eigenvalue weighted by atomic mass is 9.94. The van der Waals surface area contributed by atoms with Gasteiger partial charge in [0.1, 0.15) is 0 Å². The maximum Gasteiger partial charge on any atom is 0.227 e. The maximum atomic E-state index is 12.8. The van der Waals surface area contributed by atoms with Crippen molar-refractivity contribution in [1.82, 2.24) is 4.90 Å². The van der Waals surface area contributed by atoms with Gasteiger partial charge in [-0.3, -0.25) is 4.79 Å². The normalized spacial score (nSPS) is 19.9. The molecule has 0 spiro atoms. The van der Waals surface area contributed by atoms with Gasteiger partial charge in [-0.25, -0.2) is 0 Å². The fraction of sp³-hybridized carbons (Fsp3) is 0.688. The smallest absolute Gasteiger partial charge is 0.227 e. The lowest BCUT2D eigenvalue weighted by Gasteiger charge is -2.30. The number of hydrogen-bond donors (Lipinski definition) is 1. The molecule has 1 aromatic heterocycles. The molecule has 1 saturated heterocycles. The molecule has 0 radical (unpaired) electrons. The van der Waals surface area contributed by atoms with Gasteiger partial charge in [0.05, 0.1) is 18.6 Å². The van der Waals surface area contributed by atoms with E-state index in [4.69, 9.17) is 10.5 Å². The van der Waals surface area contributed by atoms with Crippen molar-refractivity contribution in [3.63, 3.8) is 0 Å². The number of carbonyl (C=O) groups excluding carboxylic acids is 1. The van der Waals surface area contributed by atoms with Crippen LogP contribution in [0.3, 0.4) is 0 Å². The van der Waals surface area contributed by atoms with E-state index in [0.717, 1.165) is 19.4 Å². The molecule has 21 heavy (non-hydrogen) atoms. The first-order chi connectivity index (χ1) is 10.1. The number of rotatable bonds is 7. The molecule has 4 nitrogen and oxygen atoms in total. The van der Waals surface area contributed by atoms with Gasteiger partial charge < -0.3 is 15.4 Å². The van der Waals surface area contributed by atoms with E-state index in [9.17, 15) is 4.79 Å². The standard InChI is InChI=1S/C16H26N2O2S/c1-12(2)15(9-17)16(19)18(10-13-5-3-7-20-13)11-14-6-4-8-21-14/h4,6,8,12-13,15H,3,5,7,9-11,17H2,1-2H3. The summed E-state index contributed by atoms with van der Waals surface area (Å²) in [5.74, 6) is 0.320. The number of ether oxygens (including phenoxy) is 1. The van der Waals surface area contributed by atoms with Crippen LogP contribution in [0.25, 0.3) is 0 Å². The lowest BCUT2D eigenvalue weighted by molar-refractivity contribution is -0.138. The quantitative estimate of drug-likeness (QED) is 0.842. The third-order valence-electron chi connectivity index (χ3n) is 4.06. The highest BCUT2D eigenvalue weighted by Crippen LogP contribution is 2.21. The Balaban J connectivity index is 2.07. The molecule has 2 unspecified atom stereocenters. The van der Waals surface area contributed by atoms with E-state index >= 15 is 0 Å². The molecule has 2 atom stereocenters. The van der Waals surface area contributed by atoms with E-state index in [1.807, 2.05) is 16.3 Å². The van der Waals surface area contributed by atoms with Crippen LogP contribution in [-0.4, -0.2) is 36.6 Å². The van der Waals surface area contributed by atoms with E-state index in [0.29, 0.717) is 19.6 Å². The summed E-state index contributed by atoms with van der Waals surface area (Å²) in [6.07, 6.45) is 2.32. The Labute approximate surface area is 131 Å². The van der Waals surface area contributed by atoms with Gasteiger partial charge in [0.2, 0.25) is 5.91 Å². The minimum absolute atomic E-state index is 0.105. The van der Waals surface area contributed by atoms with Gasteiger partial charge in [0.15, 0.2) is 0 Å². The van der Waals surface area contributed by atoms with Crippen LogP contribution in [0.1, 0.15) is 31.6 Å². The molecule has 0 aliphatic carbocycles. The second kappa shape index (κ2) is 7.92. The van der Waals surface area contributed by atoms with Crippen LogP contribution in [-0.2, 0) is 16.1 Å². The van der Waals surface area contributed by atoms with Crippen molar-refractivity contribution in [2.45, 2.75) is 39.3 Å². The van der Waals surface area contributed by atoms with Crippen molar-refractivity contribution in [3.05, 3.63) is 22.4 Å². The molecule has 118 valence electrons. The predicted molar refractivity (Wildman–Crippen MR) is 86.1 cm³/mol. The van der Waals surface area contributed by atoms with E-state index in [1.165, 1.54) is 4.88 Å². The van der Waals surface area contributed by atoms with Crippen molar-refractivity contribution >= 4 is 17.2 Å². The second-order valence-electron chi connectivity index (χ2n) is 6.02. The Bertz CT molecular complexity index is 427. The summed E-state index contributed by atoms with van der Waals surface area (Å²) < 4.78 is 5.70. The topological polar surface area (TPSA) is 55.6 Å². The van der Waals surface area contributed by atoms with Gasteiger partial charge >= 0.3 is 0 Å². The molecule has 1 aromatic rings. The summed E-state index contributed by atoms with van der Waals surface area (Å²) >= 11 is 1.69. The van der Waals surface area contributed by atoms with E-state index in [-0.39, 0.29) is 23.8 Å². The third kappa shape index (κ3) is 4.53. The molecule has 1 aliphatic heterocycles. The first-order valence-corrected chi connectivity index (χ1v) is 8.62. The molecule has 2 heterocycles. The third-order valence-corrected chi connectivity index (χ3v) is 4.92. The molecule has 2 N–H and O–H groups in total. The van der Waals surface area contributed by atoms with Gasteiger partial charge in [-0.15, -0.1) is 11.3 Å². The first kappa shape index (κ1) is 16.5. The van der Waals surface area contributed by atoms with Crippen LogP contribution in [0.2, 0.25) is 0 Å². The highest BCUT2D eigenvalue weighted by molar-refractivity contribution is 7.09. The summed E-state index contributed by atoms with van der Waals surface area (Å²) in [6.45, 7) is 6.69. The molecule has 1 amide bonds. The van der Waals surface area contributed by atoms with Crippen LogP contribution in [0.5, 0.6) is 0 Å². The van der Waals surface area contributed by atoms with Crippen molar-refractivity contribution in [1.29, 1.82) is 0 Å². The van der Waals surface area contributed by atoms with Crippen molar-refractivity contribution in [2.24, 2.45) is 17.6 Å². The maximum absolute atomic E-state index is 12.8. The summed E-state index contributed by atoms with van der Waals surface area (Å²) in [7, 11) is 0. The minimum Gasteiger partial charge on any atom is -0.376 e. The molecule has 0 bridgehead atoms. The summed E-state index contributed by atoms with van der Waals surface area (Å²) in [6, 6.07) is 4.10. The van der Waals surface area contributed by atoms with Gasteiger partial charge in [-0.2, -0.15) is 0 Å². The molecule has 2 rings (SSSR count). The van der Waals surface area contributed by atoms with Crippen LogP contribution < -0.4 is 5.73 Å². The monoisotopic (exact) mass is 310 g/mol. The largest absolute Gasteiger partial charge is 0.376 e. The molecule has 0 saturated carbocycles. The predicted octanol–water partition coefficient (Wildman–Crippen LogP) is 2.49. The highest BCUT2D eigenvalue weighted by Gasteiger charge is 2.29. The fourth-order valence-corrected chi connectivity index (χ4v) is 3.47. The number of carbonyl (C=O) groups is 1. The van der Waals surface area contributed by atoms with Crippen molar-refractivity contribution in [2.75, 3.05) is 19.7 Å². The van der Waals surface area contributed by atoms with Crippen LogP contribution >= 0.6 is 11.3 Å². The number of hydrogen-bond acceptors (Lipinski definition) is 4. The Morgan fingerprint density at radius 2 is 2.38 bits per heavy atom.